The van der Waals surface area contributed by atoms with Crippen LogP contribution in [0.4, 0.5) is 13.2 Å². The van der Waals surface area contributed by atoms with Crippen LogP contribution < -0.4 is 5.48 Å². The number of amides is 1. The van der Waals surface area contributed by atoms with Crippen molar-refractivity contribution in [1.82, 2.24) is 10.4 Å². The van der Waals surface area contributed by atoms with Gasteiger partial charge in [-0.2, -0.15) is 18.7 Å². The topological polar surface area (TPSA) is 58.6 Å². The molecule has 5 nitrogen and oxygen atoms in total. The summed E-state index contributed by atoms with van der Waals surface area (Å²) < 4.78 is 34.8. The number of carbonyl (C=O) groups is 2. The average molecular weight is 240 g/mol. The molecule has 16 heavy (non-hydrogen) atoms. The van der Waals surface area contributed by atoms with Gasteiger partial charge in [0.2, 0.25) is 0 Å². The highest BCUT2D eigenvalue weighted by molar-refractivity contribution is 5.88. The Kier molecular flexibility index (Phi) is 5.51. The molecule has 0 radical (unpaired) electrons. The molecule has 0 unspecified atom stereocenters. The van der Waals surface area contributed by atoms with Crippen LogP contribution in [0.2, 0.25) is 0 Å². The van der Waals surface area contributed by atoms with Gasteiger partial charge in [-0.05, 0) is 14.1 Å². The van der Waals surface area contributed by atoms with Crippen molar-refractivity contribution in [1.29, 1.82) is 0 Å². The molecule has 0 aliphatic rings. The molecule has 0 spiro atoms. The lowest BCUT2D eigenvalue weighted by Crippen LogP contribution is -2.33. The van der Waals surface area contributed by atoms with Crippen molar-refractivity contribution in [2.45, 2.75) is 6.18 Å². The molecule has 8 heteroatoms. The fraction of sp³-hybridized carbons (Fsp3) is 0.500. The Morgan fingerprint density at radius 3 is 2.38 bits per heavy atom. The van der Waals surface area contributed by atoms with Crippen LogP contribution in [0, 0.1) is 0 Å². The highest BCUT2D eigenvalue weighted by atomic mass is 19.4. The zero-order valence-corrected chi connectivity index (χ0v) is 8.67. The molecule has 0 aromatic rings. The molecular weight excluding hydrogens is 229 g/mol. The Balaban J connectivity index is 3.91. The fourth-order valence-corrected chi connectivity index (χ4v) is 0.559. The van der Waals surface area contributed by atoms with Crippen molar-refractivity contribution in [3.8, 4) is 0 Å². The highest BCUT2D eigenvalue weighted by Gasteiger charge is 2.41. The maximum atomic E-state index is 11.6. The van der Waals surface area contributed by atoms with E-state index in [4.69, 9.17) is 0 Å². The summed E-state index contributed by atoms with van der Waals surface area (Å²) in [6, 6.07) is 0. The molecule has 0 atom stereocenters. The molecule has 0 aliphatic heterocycles. The number of hydrogen-bond acceptors (Lipinski definition) is 4. The first-order valence-corrected chi connectivity index (χ1v) is 4.12. The number of hydrogen-bond donors (Lipinski definition) is 1. The average Bonchev–Trinajstić information content (AvgIpc) is 2.11. The number of alkyl halides is 3. The highest BCUT2D eigenvalue weighted by Crippen LogP contribution is 2.15. The van der Waals surface area contributed by atoms with Gasteiger partial charge < -0.3 is 9.74 Å². The zero-order chi connectivity index (χ0) is 12.8. The molecule has 1 amide bonds. The van der Waals surface area contributed by atoms with E-state index in [2.05, 4.69) is 4.84 Å². The fourth-order valence-electron chi connectivity index (χ4n) is 0.559. The molecule has 0 aromatic carbocycles. The Morgan fingerprint density at radius 1 is 1.38 bits per heavy atom. The number of hydroxylamine groups is 1. The Hall–Kier alpha value is -1.57. The molecular formula is C8H11F3N2O3. The van der Waals surface area contributed by atoms with E-state index < -0.39 is 18.1 Å². The van der Waals surface area contributed by atoms with E-state index in [0.717, 1.165) is 6.08 Å². The quantitative estimate of drug-likeness (QED) is 0.567. The lowest BCUT2D eigenvalue weighted by atomic mass is 10.4. The van der Waals surface area contributed by atoms with Gasteiger partial charge in [0, 0.05) is 12.6 Å². The van der Waals surface area contributed by atoms with Gasteiger partial charge in [0.15, 0.2) is 0 Å². The lowest BCUT2D eigenvalue weighted by molar-refractivity contribution is -0.207. The first-order valence-electron chi connectivity index (χ1n) is 4.12. The van der Waals surface area contributed by atoms with E-state index in [1.807, 2.05) is 0 Å². The molecule has 1 N–H and O–H groups in total. The second kappa shape index (κ2) is 6.11. The molecule has 0 bridgehead atoms. The van der Waals surface area contributed by atoms with Crippen molar-refractivity contribution in [2.75, 3.05) is 20.6 Å². The Morgan fingerprint density at radius 2 is 1.94 bits per heavy atom. The third-order valence-electron chi connectivity index (χ3n) is 1.22. The van der Waals surface area contributed by atoms with Crippen LogP contribution in [-0.2, 0) is 14.4 Å². The van der Waals surface area contributed by atoms with E-state index in [9.17, 15) is 22.8 Å². The van der Waals surface area contributed by atoms with Gasteiger partial charge in [0.05, 0.1) is 0 Å². The summed E-state index contributed by atoms with van der Waals surface area (Å²) in [5.41, 5.74) is 1.35. The molecule has 0 fully saturated rings. The van der Waals surface area contributed by atoms with Gasteiger partial charge in [-0.15, -0.1) is 0 Å². The van der Waals surface area contributed by atoms with Crippen LogP contribution in [0.3, 0.4) is 0 Å². The number of carbonyl (C=O) groups excluding carboxylic acids is 2. The van der Waals surface area contributed by atoms with Crippen LogP contribution in [-0.4, -0.2) is 43.6 Å². The van der Waals surface area contributed by atoms with Gasteiger partial charge in [0.1, 0.15) is 0 Å². The van der Waals surface area contributed by atoms with Crippen LogP contribution in [0.5, 0.6) is 0 Å². The largest absolute Gasteiger partial charge is 0.493 e. The summed E-state index contributed by atoms with van der Waals surface area (Å²) in [5.74, 6) is -3.42. The maximum Gasteiger partial charge on any atom is 0.493 e. The Bertz CT molecular complexity index is 287. The van der Waals surface area contributed by atoms with E-state index in [1.54, 1.807) is 19.0 Å². The lowest BCUT2D eigenvalue weighted by Gasteiger charge is -2.06. The summed E-state index contributed by atoms with van der Waals surface area (Å²) in [4.78, 5) is 26.2. The zero-order valence-electron chi connectivity index (χ0n) is 8.67. The smallest absolute Gasteiger partial charge is 0.332 e. The third kappa shape index (κ3) is 6.82. The predicted molar refractivity (Wildman–Crippen MR) is 48.0 cm³/mol. The third-order valence-corrected chi connectivity index (χ3v) is 1.22. The van der Waals surface area contributed by atoms with Gasteiger partial charge in [-0.25, -0.2) is 4.79 Å². The van der Waals surface area contributed by atoms with Gasteiger partial charge in [-0.1, -0.05) is 6.08 Å². The molecule has 0 heterocycles. The summed E-state index contributed by atoms with van der Waals surface area (Å²) in [5, 5.41) is 0. The van der Waals surface area contributed by atoms with Gasteiger partial charge >= 0.3 is 12.1 Å². The van der Waals surface area contributed by atoms with E-state index in [0.29, 0.717) is 6.54 Å². The van der Waals surface area contributed by atoms with Crippen molar-refractivity contribution in [3.63, 3.8) is 0 Å². The van der Waals surface area contributed by atoms with Gasteiger partial charge in [0.25, 0.3) is 5.91 Å². The first-order chi connectivity index (χ1) is 7.23. The SMILES string of the molecule is CN(C)CC=CC(=O)NOC(=O)C(F)(F)F. The van der Waals surface area contributed by atoms with E-state index >= 15 is 0 Å². The van der Waals surface area contributed by atoms with Crippen LogP contribution >= 0.6 is 0 Å². The van der Waals surface area contributed by atoms with Crippen LogP contribution in [0.1, 0.15) is 0 Å². The van der Waals surface area contributed by atoms with Crippen molar-refractivity contribution in [2.24, 2.45) is 0 Å². The number of likely N-dealkylation sites (N-methyl/N-ethyl adjacent to an activating group) is 1. The maximum absolute atomic E-state index is 11.6. The second-order valence-corrected chi connectivity index (χ2v) is 3.02. The number of nitrogens with one attached hydrogen (secondary N) is 1. The molecule has 92 valence electrons. The molecule has 0 aliphatic carbocycles. The second-order valence-electron chi connectivity index (χ2n) is 3.02. The molecule has 0 saturated heterocycles. The van der Waals surface area contributed by atoms with Crippen molar-refractivity contribution >= 4 is 11.9 Å². The minimum absolute atomic E-state index is 0.431. The Labute approximate surface area is 89.8 Å². The summed E-state index contributed by atoms with van der Waals surface area (Å²) in [7, 11) is 3.48. The predicted octanol–water partition coefficient (Wildman–Crippen LogP) is 0.241. The normalized spacial score (nSPS) is 11.9. The number of nitrogens with zero attached hydrogens (tertiary/aromatic N) is 1. The molecule has 0 saturated carbocycles. The monoisotopic (exact) mass is 240 g/mol. The molecule has 0 aromatic heterocycles. The summed E-state index contributed by atoms with van der Waals surface area (Å²) in [6.45, 7) is 0.431. The number of halogens is 3. The van der Waals surface area contributed by atoms with Crippen LogP contribution in [0.15, 0.2) is 12.2 Å². The summed E-state index contributed by atoms with van der Waals surface area (Å²) >= 11 is 0. The summed E-state index contributed by atoms with van der Waals surface area (Å²) in [6.07, 6.45) is -2.76. The number of rotatable bonds is 3. The van der Waals surface area contributed by atoms with Gasteiger partial charge in [-0.3, -0.25) is 4.79 Å². The first kappa shape index (κ1) is 14.4. The van der Waals surface area contributed by atoms with Crippen LogP contribution in [0.25, 0.3) is 0 Å². The van der Waals surface area contributed by atoms with Crippen molar-refractivity contribution < 1.29 is 27.6 Å². The van der Waals surface area contributed by atoms with E-state index in [1.165, 1.54) is 11.6 Å². The minimum Gasteiger partial charge on any atom is -0.332 e. The standard InChI is InChI=1S/C8H11F3N2O3/c1-13(2)5-3-4-6(14)12-16-7(15)8(9,10)11/h3-4H,5H2,1-2H3,(H,12,14). The molecule has 0 rings (SSSR count). The minimum atomic E-state index is -5.12. The van der Waals surface area contributed by atoms with E-state index in [-0.39, 0.29) is 0 Å². The van der Waals surface area contributed by atoms with Crippen molar-refractivity contribution in [3.05, 3.63) is 12.2 Å².